The van der Waals surface area contributed by atoms with Gasteiger partial charge in [-0.25, -0.2) is 0 Å². The van der Waals surface area contributed by atoms with Crippen molar-refractivity contribution in [3.63, 3.8) is 0 Å². The molecule has 0 heterocycles. The number of ether oxygens (including phenoxy) is 1. The van der Waals surface area contributed by atoms with Gasteiger partial charge in [-0.05, 0) is 20.8 Å². The molecule has 2 unspecified atom stereocenters. The second kappa shape index (κ2) is 7.01. The van der Waals surface area contributed by atoms with Crippen LogP contribution in [-0.4, -0.2) is 43.2 Å². The van der Waals surface area contributed by atoms with Crippen molar-refractivity contribution in [1.29, 1.82) is 0 Å². The quantitative estimate of drug-likeness (QED) is 0.542. The summed E-state index contributed by atoms with van der Waals surface area (Å²) >= 11 is 0. The van der Waals surface area contributed by atoms with Gasteiger partial charge in [-0.3, -0.25) is 9.36 Å². The van der Waals surface area contributed by atoms with E-state index in [1.165, 1.54) is 6.92 Å². The van der Waals surface area contributed by atoms with Crippen molar-refractivity contribution < 1.29 is 28.3 Å². The van der Waals surface area contributed by atoms with Crippen LogP contribution in [0.3, 0.4) is 0 Å². The van der Waals surface area contributed by atoms with Gasteiger partial charge < -0.3 is 18.9 Å². The fraction of sp³-hybridized carbons (Fsp3) is 0.889. The highest BCUT2D eigenvalue weighted by Crippen LogP contribution is 2.54. The number of aliphatic hydroxyl groups excluding tert-OH is 1. The molecule has 1 N–H and O–H groups in total. The van der Waals surface area contributed by atoms with E-state index in [0.29, 0.717) is 0 Å². The number of hydrogen-bond donors (Lipinski definition) is 1. The highest BCUT2D eigenvalue weighted by atomic mass is 31.2. The highest BCUT2D eigenvalue weighted by Gasteiger charge is 2.45. The van der Waals surface area contributed by atoms with Crippen LogP contribution in [0.25, 0.3) is 0 Å². The third kappa shape index (κ3) is 3.87. The molecule has 0 aromatic carbocycles. The molecule has 6 nitrogen and oxygen atoms in total. The van der Waals surface area contributed by atoms with Crippen LogP contribution in [0.1, 0.15) is 20.8 Å². The Bertz CT molecular complexity index is 255. The summed E-state index contributed by atoms with van der Waals surface area (Å²) in [5.41, 5.74) is -1.31. The van der Waals surface area contributed by atoms with Gasteiger partial charge in [-0.1, -0.05) is 0 Å². The molecular formula is C9H19O6P. The summed E-state index contributed by atoms with van der Waals surface area (Å²) in [7, 11) is -2.53. The van der Waals surface area contributed by atoms with E-state index in [4.69, 9.17) is 9.05 Å². The molecule has 0 saturated heterocycles. The van der Waals surface area contributed by atoms with E-state index < -0.39 is 25.3 Å². The standard InChI is InChI=1S/C9H19O6P/c1-5-14-16(12,15-6-2)8(7(3)10)9(11)13-4/h7-8,10H,5-6H2,1-4H3. The first-order valence-electron chi connectivity index (χ1n) is 5.07. The summed E-state index contributed by atoms with van der Waals surface area (Å²) < 4.78 is 26.7. The van der Waals surface area contributed by atoms with E-state index in [1.807, 2.05) is 0 Å². The molecule has 0 saturated carbocycles. The van der Waals surface area contributed by atoms with Crippen LogP contribution >= 0.6 is 7.60 Å². The molecule has 2 atom stereocenters. The number of methoxy groups -OCH3 is 1. The largest absolute Gasteiger partial charge is 0.468 e. The van der Waals surface area contributed by atoms with Crippen LogP contribution in [0, 0.1) is 0 Å². The first-order chi connectivity index (χ1) is 7.42. The Kier molecular flexibility index (Phi) is 6.83. The van der Waals surface area contributed by atoms with Gasteiger partial charge in [0.05, 0.1) is 26.4 Å². The summed E-state index contributed by atoms with van der Waals surface area (Å²) in [6.45, 7) is 4.84. The van der Waals surface area contributed by atoms with E-state index in [1.54, 1.807) is 13.8 Å². The lowest BCUT2D eigenvalue weighted by Gasteiger charge is -2.25. The lowest BCUT2D eigenvalue weighted by Crippen LogP contribution is -2.34. The van der Waals surface area contributed by atoms with Crippen molar-refractivity contribution in [3.8, 4) is 0 Å². The molecule has 0 amide bonds. The average Bonchev–Trinajstić information content (AvgIpc) is 2.17. The maximum Gasteiger partial charge on any atom is 0.347 e. The number of esters is 1. The molecule has 0 spiro atoms. The van der Waals surface area contributed by atoms with E-state index >= 15 is 0 Å². The van der Waals surface area contributed by atoms with Crippen LogP contribution in [0.15, 0.2) is 0 Å². The van der Waals surface area contributed by atoms with Crippen molar-refractivity contribution in [2.45, 2.75) is 32.5 Å². The zero-order chi connectivity index (χ0) is 12.8. The van der Waals surface area contributed by atoms with Gasteiger partial charge in [-0.2, -0.15) is 0 Å². The van der Waals surface area contributed by atoms with Gasteiger partial charge in [0.1, 0.15) is 0 Å². The minimum atomic E-state index is -3.68. The zero-order valence-electron chi connectivity index (χ0n) is 10.0. The van der Waals surface area contributed by atoms with Crippen molar-refractivity contribution >= 4 is 13.6 Å². The molecule has 0 aliphatic heterocycles. The molecule has 96 valence electrons. The summed E-state index contributed by atoms with van der Waals surface area (Å²) in [5.74, 6) is -0.805. The average molecular weight is 254 g/mol. The molecule has 0 aromatic heterocycles. The van der Waals surface area contributed by atoms with Gasteiger partial charge >= 0.3 is 13.6 Å². The monoisotopic (exact) mass is 254 g/mol. The molecule has 0 aromatic rings. The minimum Gasteiger partial charge on any atom is -0.468 e. The molecule has 0 fully saturated rings. The van der Waals surface area contributed by atoms with Gasteiger partial charge in [0.25, 0.3) is 0 Å². The van der Waals surface area contributed by atoms with Crippen LogP contribution in [0.5, 0.6) is 0 Å². The maximum absolute atomic E-state index is 12.2. The Balaban J connectivity index is 5.09. The fourth-order valence-electron chi connectivity index (χ4n) is 1.27. The lowest BCUT2D eigenvalue weighted by molar-refractivity contribution is -0.142. The van der Waals surface area contributed by atoms with Crippen LogP contribution in [0.4, 0.5) is 0 Å². The van der Waals surface area contributed by atoms with Crippen molar-refractivity contribution in [3.05, 3.63) is 0 Å². The van der Waals surface area contributed by atoms with Crippen molar-refractivity contribution in [2.75, 3.05) is 20.3 Å². The molecule has 0 bridgehead atoms. The Morgan fingerprint density at radius 1 is 1.31 bits per heavy atom. The Hall–Kier alpha value is -0.420. The minimum absolute atomic E-state index is 0.123. The molecule has 7 heteroatoms. The molecule has 0 aliphatic rings. The predicted molar refractivity (Wildman–Crippen MR) is 58.3 cm³/mol. The van der Waals surface area contributed by atoms with Crippen molar-refractivity contribution in [2.24, 2.45) is 0 Å². The molecular weight excluding hydrogens is 235 g/mol. The van der Waals surface area contributed by atoms with Gasteiger partial charge in [0.15, 0.2) is 5.66 Å². The fourth-order valence-corrected chi connectivity index (χ4v) is 3.28. The summed E-state index contributed by atoms with van der Waals surface area (Å²) in [6, 6.07) is 0. The molecule has 0 radical (unpaired) electrons. The highest BCUT2D eigenvalue weighted by molar-refractivity contribution is 7.55. The normalized spacial score (nSPS) is 15.6. The Morgan fingerprint density at radius 3 is 2.00 bits per heavy atom. The van der Waals surface area contributed by atoms with E-state index in [9.17, 15) is 14.5 Å². The molecule has 16 heavy (non-hydrogen) atoms. The Morgan fingerprint density at radius 2 is 1.75 bits per heavy atom. The predicted octanol–water partition coefficient (Wildman–Crippen LogP) is 1.17. The second-order valence-electron chi connectivity index (χ2n) is 3.08. The number of carbonyl (C=O) groups is 1. The topological polar surface area (TPSA) is 82.1 Å². The van der Waals surface area contributed by atoms with Crippen LogP contribution in [0.2, 0.25) is 0 Å². The third-order valence-corrected chi connectivity index (χ3v) is 4.42. The number of carbonyl (C=O) groups excluding carboxylic acids is 1. The smallest absolute Gasteiger partial charge is 0.347 e. The summed E-state index contributed by atoms with van der Waals surface area (Å²) in [4.78, 5) is 11.4. The summed E-state index contributed by atoms with van der Waals surface area (Å²) in [5, 5.41) is 9.47. The Labute approximate surface area is 95.4 Å². The van der Waals surface area contributed by atoms with Gasteiger partial charge in [0, 0.05) is 0 Å². The SMILES string of the molecule is CCOP(=O)(OCC)C(C(=O)OC)C(C)O. The maximum atomic E-state index is 12.2. The number of aliphatic hydroxyl groups is 1. The van der Waals surface area contributed by atoms with E-state index in [-0.39, 0.29) is 13.2 Å². The number of rotatable bonds is 7. The zero-order valence-corrected chi connectivity index (χ0v) is 10.9. The first-order valence-corrected chi connectivity index (χ1v) is 6.68. The van der Waals surface area contributed by atoms with Crippen LogP contribution < -0.4 is 0 Å². The van der Waals surface area contributed by atoms with E-state index in [2.05, 4.69) is 4.74 Å². The van der Waals surface area contributed by atoms with Crippen molar-refractivity contribution in [1.82, 2.24) is 0 Å². The van der Waals surface area contributed by atoms with Crippen LogP contribution in [-0.2, 0) is 23.1 Å². The number of hydrogen-bond acceptors (Lipinski definition) is 6. The molecule has 0 rings (SSSR count). The van der Waals surface area contributed by atoms with E-state index in [0.717, 1.165) is 7.11 Å². The van der Waals surface area contributed by atoms with Gasteiger partial charge in [-0.15, -0.1) is 0 Å². The van der Waals surface area contributed by atoms with Gasteiger partial charge in [0.2, 0.25) is 0 Å². The second-order valence-corrected chi connectivity index (χ2v) is 5.24. The summed E-state index contributed by atoms with van der Waals surface area (Å²) in [6.07, 6.45) is -1.17. The third-order valence-electron chi connectivity index (χ3n) is 1.86. The molecule has 0 aliphatic carbocycles. The first kappa shape index (κ1) is 15.6. The lowest BCUT2D eigenvalue weighted by atomic mass is 10.3.